The van der Waals surface area contributed by atoms with Crippen molar-refractivity contribution in [2.45, 2.75) is 19.0 Å². The molecular formula is C18H19N5OS. The van der Waals surface area contributed by atoms with Crippen molar-refractivity contribution in [2.24, 2.45) is 0 Å². The third-order valence-corrected chi connectivity index (χ3v) is 4.72. The minimum atomic E-state index is -0.105. The van der Waals surface area contributed by atoms with Gasteiger partial charge in [0.2, 0.25) is 11.1 Å². The van der Waals surface area contributed by atoms with E-state index in [2.05, 4.69) is 15.5 Å². The topological polar surface area (TPSA) is 85.8 Å². The van der Waals surface area contributed by atoms with Crippen LogP contribution in [0.4, 0.5) is 5.69 Å². The lowest BCUT2D eigenvalue weighted by atomic mass is 10.1. The number of benzene rings is 2. The summed E-state index contributed by atoms with van der Waals surface area (Å²) in [5.74, 6) is 6.73. The summed E-state index contributed by atoms with van der Waals surface area (Å²) >= 11 is 1.25. The van der Waals surface area contributed by atoms with E-state index in [9.17, 15) is 4.79 Å². The molecule has 1 heterocycles. The summed E-state index contributed by atoms with van der Waals surface area (Å²) in [5, 5.41) is 11.6. The number of thioether (sulfide) groups is 1. The highest BCUT2D eigenvalue weighted by atomic mass is 32.2. The van der Waals surface area contributed by atoms with Crippen LogP contribution in [0, 0.1) is 13.8 Å². The van der Waals surface area contributed by atoms with Crippen molar-refractivity contribution in [2.75, 3.05) is 16.9 Å². The van der Waals surface area contributed by atoms with Crippen molar-refractivity contribution in [3.63, 3.8) is 0 Å². The van der Waals surface area contributed by atoms with Crippen molar-refractivity contribution in [1.29, 1.82) is 0 Å². The molecule has 0 aliphatic carbocycles. The first-order valence-electron chi connectivity index (χ1n) is 7.81. The van der Waals surface area contributed by atoms with Crippen LogP contribution in [0.1, 0.15) is 11.1 Å². The molecule has 0 saturated carbocycles. The van der Waals surface area contributed by atoms with Gasteiger partial charge >= 0.3 is 0 Å². The van der Waals surface area contributed by atoms with Gasteiger partial charge in [0.05, 0.1) is 5.75 Å². The molecule has 3 aromatic rings. The minimum Gasteiger partial charge on any atom is -0.335 e. The highest BCUT2D eigenvalue weighted by Crippen LogP contribution is 2.23. The van der Waals surface area contributed by atoms with E-state index >= 15 is 0 Å². The molecule has 2 aromatic carbocycles. The van der Waals surface area contributed by atoms with Gasteiger partial charge in [-0.15, -0.1) is 10.2 Å². The van der Waals surface area contributed by atoms with E-state index in [1.54, 1.807) is 0 Å². The summed E-state index contributed by atoms with van der Waals surface area (Å²) in [6.45, 7) is 3.94. The van der Waals surface area contributed by atoms with Crippen LogP contribution >= 0.6 is 11.8 Å². The first kappa shape index (κ1) is 17.0. The Kier molecular flexibility index (Phi) is 5.04. The van der Waals surface area contributed by atoms with Crippen molar-refractivity contribution < 1.29 is 4.79 Å². The third-order valence-electron chi connectivity index (χ3n) is 3.77. The molecule has 0 aliphatic heterocycles. The Labute approximate surface area is 150 Å². The monoisotopic (exact) mass is 353 g/mol. The summed E-state index contributed by atoms with van der Waals surface area (Å²) in [4.78, 5) is 12.2. The summed E-state index contributed by atoms with van der Waals surface area (Å²) in [7, 11) is 0. The van der Waals surface area contributed by atoms with E-state index in [1.165, 1.54) is 16.4 Å². The molecule has 0 bridgehead atoms. The molecule has 0 unspecified atom stereocenters. The largest absolute Gasteiger partial charge is 0.335 e. The molecule has 1 amide bonds. The Morgan fingerprint density at radius 1 is 1.08 bits per heavy atom. The predicted molar refractivity (Wildman–Crippen MR) is 101 cm³/mol. The zero-order valence-corrected chi connectivity index (χ0v) is 14.9. The van der Waals surface area contributed by atoms with E-state index in [0.717, 1.165) is 22.4 Å². The first-order valence-corrected chi connectivity index (χ1v) is 8.79. The van der Waals surface area contributed by atoms with Gasteiger partial charge in [-0.25, -0.2) is 4.68 Å². The molecule has 0 fully saturated rings. The predicted octanol–water partition coefficient (Wildman–Crippen LogP) is 3.01. The van der Waals surface area contributed by atoms with Crippen molar-refractivity contribution in [3.05, 3.63) is 59.7 Å². The van der Waals surface area contributed by atoms with Gasteiger partial charge in [-0.05, 0) is 25.0 Å². The number of para-hydroxylation sites is 1. The molecule has 0 aliphatic rings. The molecule has 3 rings (SSSR count). The Morgan fingerprint density at radius 3 is 2.44 bits per heavy atom. The standard InChI is InChI=1S/C18H19N5OS/c1-12-7-6-8-13(2)16(12)20-15(24)11-25-18-22-21-17(23(18)19)14-9-4-3-5-10-14/h3-10H,11,19H2,1-2H3,(H,20,24). The average Bonchev–Trinajstić information content (AvgIpc) is 2.98. The fourth-order valence-corrected chi connectivity index (χ4v) is 3.13. The number of rotatable bonds is 5. The number of aryl methyl sites for hydroxylation is 2. The number of nitrogen functional groups attached to an aromatic ring is 1. The van der Waals surface area contributed by atoms with Gasteiger partial charge in [0.25, 0.3) is 0 Å². The number of carbonyl (C=O) groups is 1. The molecule has 0 atom stereocenters. The zero-order valence-electron chi connectivity index (χ0n) is 14.1. The number of aromatic nitrogens is 3. The molecule has 1 aromatic heterocycles. The van der Waals surface area contributed by atoms with Crippen LogP contribution in [-0.2, 0) is 4.79 Å². The molecule has 0 saturated heterocycles. The highest BCUT2D eigenvalue weighted by molar-refractivity contribution is 7.99. The minimum absolute atomic E-state index is 0.105. The lowest BCUT2D eigenvalue weighted by molar-refractivity contribution is -0.113. The molecule has 7 heteroatoms. The van der Waals surface area contributed by atoms with Gasteiger partial charge < -0.3 is 11.2 Å². The van der Waals surface area contributed by atoms with Crippen LogP contribution in [0.25, 0.3) is 11.4 Å². The smallest absolute Gasteiger partial charge is 0.234 e. The van der Waals surface area contributed by atoms with Gasteiger partial charge in [0.1, 0.15) is 0 Å². The zero-order chi connectivity index (χ0) is 17.8. The molecule has 0 spiro atoms. The summed E-state index contributed by atoms with van der Waals surface area (Å²) in [6.07, 6.45) is 0. The number of hydrogen-bond donors (Lipinski definition) is 2. The second-order valence-corrected chi connectivity index (χ2v) is 6.59. The summed E-state index contributed by atoms with van der Waals surface area (Å²) in [5.41, 5.74) is 3.80. The summed E-state index contributed by atoms with van der Waals surface area (Å²) < 4.78 is 1.41. The number of nitrogens with two attached hydrogens (primary N) is 1. The molecule has 0 radical (unpaired) electrons. The van der Waals surface area contributed by atoms with Crippen LogP contribution in [-0.4, -0.2) is 26.5 Å². The normalized spacial score (nSPS) is 10.6. The fraction of sp³-hybridized carbons (Fsp3) is 0.167. The maximum atomic E-state index is 12.2. The number of carbonyl (C=O) groups excluding carboxylic acids is 1. The first-order chi connectivity index (χ1) is 12.1. The van der Waals surface area contributed by atoms with Crippen LogP contribution in [0.3, 0.4) is 0 Å². The van der Waals surface area contributed by atoms with Crippen molar-refractivity contribution in [1.82, 2.24) is 14.9 Å². The van der Waals surface area contributed by atoms with Crippen molar-refractivity contribution in [3.8, 4) is 11.4 Å². The maximum absolute atomic E-state index is 12.2. The lowest BCUT2D eigenvalue weighted by Crippen LogP contribution is -2.17. The van der Waals surface area contributed by atoms with E-state index in [0.29, 0.717) is 11.0 Å². The van der Waals surface area contributed by atoms with Crippen LogP contribution in [0.2, 0.25) is 0 Å². The van der Waals surface area contributed by atoms with Crippen LogP contribution in [0.15, 0.2) is 53.7 Å². The summed E-state index contributed by atoms with van der Waals surface area (Å²) in [6, 6.07) is 15.5. The van der Waals surface area contributed by atoms with Gasteiger partial charge in [0.15, 0.2) is 5.82 Å². The Hall–Kier alpha value is -2.80. The SMILES string of the molecule is Cc1cccc(C)c1NC(=O)CSc1nnc(-c2ccccc2)n1N. The molecule has 128 valence electrons. The van der Waals surface area contributed by atoms with E-state index < -0.39 is 0 Å². The second-order valence-electron chi connectivity index (χ2n) is 5.65. The molecule has 25 heavy (non-hydrogen) atoms. The van der Waals surface area contributed by atoms with Crippen molar-refractivity contribution >= 4 is 23.4 Å². The third kappa shape index (κ3) is 3.83. The average molecular weight is 353 g/mol. The van der Waals surface area contributed by atoms with Gasteiger partial charge in [-0.2, -0.15) is 0 Å². The Morgan fingerprint density at radius 2 is 1.76 bits per heavy atom. The number of nitrogens with zero attached hydrogens (tertiary/aromatic N) is 3. The van der Waals surface area contributed by atoms with Gasteiger partial charge in [0, 0.05) is 11.3 Å². The maximum Gasteiger partial charge on any atom is 0.234 e. The number of hydrogen-bond acceptors (Lipinski definition) is 5. The number of nitrogens with one attached hydrogen (secondary N) is 1. The van der Waals surface area contributed by atoms with Gasteiger partial charge in [-0.3, -0.25) is 4.79 Å². The van der Waals surface area contributed by atoms with E-state index in [-0.39, 0.29) is 11.7 Å². The van der Waals surface area contributed by atoms with Gasteiger partial charge in [-0.1, -0.05) is 60.3 Å². The quantitative estimate of drug-likeness (QED) is 0.544. The van der Waals surface area contributed by atoms with Crippen LogP contribution < -0.4 is 11.2 Å². The second kappa shape index (κ2) is 7.40. The highest BCUT2D eigenvalue weighted by Gasteiger charge is 2.14. The Balaban J connectivity index is 1.66. The Bertz CT molecular complexity index is 871. The van der Waals surface area contributed by atoms with Crippen LogP contribution in [0.5, 0.6) is 0 Å². The molecular weight excluding hydrogens is 334 g/mol. The molecule has 6 nitrogen and oxygen atoms in total. The number of anilines is 1. The number of amides is 1. The van der Waals surface area contributed by atoms with E-state index in [4.69, 9.17) is 5.84 Å². The van der Waals surface area contributed by atoms with E-state index in [1.807, 2.05) is 62.4 Å². The molecule has 3 N–H and O–H groups in total. The fourth-order valence-electron chi connectivity index (χ4n) is 2.48. The lowest BCUT2D eigenvalue weighted by Gasteiger charge is -2.11.